The van der Waals surface area contributed by atoms with Crippen molar-refractivity contribution in [3.63, 3.8) is 0 Å². The summed E-state index contributed by atoms with van der Waals surface area (Å²) in [5.74, 6) is -0.328. The number of alkyl halides is 1. The maximum absolute atomic E-state index is 12.9. The first kappa shape index (κ1) is 20.5. The van der Waals surface area contributed by atoms with Crippen molar-refractivity contribution in [3.8, 4) is 22.0 Å². The smallest absolute Gasteiger partial charge is 0.275 e. The van der Waals surface area contributed by atoms with Crippen molar-refractivity contribution in [2.75, 3.05) is 18.6 Å². The third-order valence-corrected chi connectivity index (χ3v) is 6.14. The van der Waals surface area contributed by atoms with Crippen LogP contribution in [0.25, 0.3) is 22.0 Å². The van der Waals surface area contributed by atoms with Gasteiger partial charge in [0.2, 0.25) is 0 Å². The maximum Gasteiger partial charge on any atom is 0.275 e. The number of aromatic nitrogens is 6. The van der Waals surface area contributed by atoms with Gasteiger partial charge in [-0.1, -0.05) is 6.07 Å². The molecular weight excluding hydrogens is 433 g/mol. The van der Waals surface area contributed by atoms with Crippen molar-refractivity contribution in [2.45, 2.75) is 25.0 Å². The van der Waals surface area contributed by atoms with E-state index in [1.807, 2.05) is 22.9 Å². The van der Waals surface area contributed by atoms with E-state index < -0.39 is 6.67 Å². The largest absolute Gasteiger partial charge is 0.375 e. The number of nitrogens with one attached hydrogen (secondary N) is 2. The van der Waals surface area contributed by atoms with Gasteiger partial charge in [0.05, 0.1) is 36.3 Å². The van der Waals surface area contributed by atoms with Crippen molar-refractivity contribution in [2.24, 2.45) is 0 Å². The number of anilines is 1. The zero-order valence-electron chi connectivity index (χ0n) is 16.9. The zero-order valence-corrected chi connectivity index (χ0v) is 17.8. The van der Waals surface area contributed by atoms with E-state index in [9.17, 15) is 9.18 Å². The van der Waals surface area contributed by atoms with Gasteiger partial charge in [0, 0.05) is 29.5 Å². The van der Waals surface area contributed by atoms with Gasteiger partial charge in [-0.25, -0.2) is 9.37 Å². The number of hydrogen-bond donors (Lipinski definition) is 2. The fourth-order valence-electron chi connectivity index (χ4n) is 3.53. The Morgan fingerprint density at radius 3 is 3.03 bits per heavy atom. The van der Waals surface area contributed by atoms with E-state index in [-0.39, 0.29) is 24.7 Å². The molecule has 9 nitrogen and oxygen atoms in total. The van der Waals surface area contributed by atoms with Gasteiger partial charge in [0.25, 0.3) is 5.91 Å². The summed E-state index contributed by atoms with van der Waals surface area (Å²) in [4.78, 5) is 21.7. The van der Waals surface area contributed by atoms with Crippen LogP contribution in [0, 0.1) is 0 Å². The van der Waals surface area contributed by atoms with E-state index in [0.717, 1.165) is 18.4 Å². The molecule has 4 heterocycles. The predicted octanol–water partition coefficient (Wildman–Crippen LogP) is 3.73. The average molecular weight is 454 g/mol. The summed E-state index contributed by atoms with van der Waals surface area (Å²) in [7, 11) is 0. The number of amides is 1. The van der Waals surface area contributed by atoms with Crippen LogP contribution in [0.4, 0.5) is 10.1 Å². The molecule has 0 saturated heterocycles. The second-order valence-corrected chi connectivity index (χ2v) is 8.23. The maximum atomic E-state index is 12.9. The van der Waals surface area contributed by atoms with Gasteiger partial charge in [-0.15, -0.1) is 11.3 Å². The number of rotatable bonds is 8. The molecule has 0 radical (unpaired) electrons. The van der Waals surface area contributed by atoms with E-state index in [0.29, 0.717) is 27.8 Å². The van der Waals surface area contributed by atoms with Crippen molar-refractivity contribution in [3.05, 3.63) is 54.1 Å². The number of hydrogen-bond acceptors (Lipinski definition) is 7. The van der Waals surface area contributed by atoms with Crippen LogP contribution in [-0.2, 0) is 4.74 Å². The number of carbonyl (C=O) groups is 1. The van der Waals surface area contributed by atoms with Gasteiger partial charge in [0.1, 0.15) is 23.1 Å². The molecule has 0 atom stereocenters. The quantitative estimate of drug-likeness (QED) is 0.421. The van der Waals surface area contributed by atoms with Crippen molar-refractivity contribution < 1.29 is 13.9 Å². The minimum atomic E-state index is -0.484. The molecule has 2 N–H and O–H groups in total. The molecule has 164 valence electrons. The van der Waals surface area contributed by atoms with Crippen molar-refractivity contribution in [1.82, 2.24) is 29.9 Å². The Morgan fingerprint density at radius 1 is 1.38 bits per heavy atom. The third kappa shape index (κ3) is 4.16. The Hall–Kier alpha value is -3.44. The lowest BCUT2D eigenvalue weighted by molar-refractivity contribution is -0.0329. The van der Waals surface area contributed by atoms with Crippen LogP contribution in [0.15, 0.2) is 48.4 Å². The summed E-state index contributed by atoms with van der Waals surface area (Å²) in [5.41, 5.74) is 2.93. The minimum Gasteiger partial charge on any atom is -0.375 e. The molecule has 32 heavy (non-hydrogen) atoms. The number of thiazole rings is 1. The van der Waals surface area contributed by atoms with Gasteiger partial charge < -0.3 is 10.1 Å². The lowest BCUT2D eigenvalue weighted by Crippen LogP contribution is -2.34. The predicted molar refractivity (Wildman–Crippen MR) is 117 cm³/mol. The standard InChI is InChI=1S/C21H20FN7O2S/c22-4-6-31-15-7-14(8-15)29-11-17(19(28-29)16-3-1-2-5-23-16)26-20(30)18-12-32-21(27-18)13-9-24-25-10-13/h1-3,5,9-12,14-15H,4,6-8H2,(H,24,25)(H,26,30). The van der Waals surface area contributed by atoms with E-state index in [2.05, 4.69) is 30.6 Å². The van der Waals surface area contributed by atoms with Crippen LogP contribution in [0.2, 0.25) is 0 Å². The van der Waals surface area contributed by atoms with Gasteiger partial charge in [-0.2, -0.15) is 10.2 Å². The SMILES string of the molecule is O=C(Nc1cn(C2CC(OCCF)C2)nc1-c1ccccn1)c1csc(-c2cn[nH]c2)n1. The Labute approximate surface area is 186 Å². The normalized spacial score (nSPS) is 17.8. The van der Waals surface area contributed by atoms with Crippen LogP contribution in [0.1, 0.15) is 29.4 Å². The molecule has 0 bridgehead atoms. The molecule has 0 unspecified atom stereocenters. The van der Waals surface area contributed by atoms with Gasteiger partial charge in [-0.3, -0.25) is 19.6 Å². The van der Waals surface area contributed by atoms with E-state index in [1.54, 1.807) is 30.2 Å². The third-order valence-electron chi connectivity index (χ3n) is 5.24. The number of halogens is 1. The molecular formula is C21H20FN7O2S. The first-order valence-electron chi connectivity index (χ1n) is 10.2. The number of ether oxygens (including phenoxy) is 1. The molecule has 1 amide bonds. The summed E-state index contributed by atoms with van der Waals surface area (Å²) >= 11 is 1.37. The number of H-pyrrole nitrogens is 1. The van der Waals surface area contributed by atoms with Gasteiger partial charge >= 0.3 is 0 Å². The topological polar surface area (TPSA) is 111 Å². The Morgan fingerprint density at radius 2 is 2.28 bits per heavy atom. The highest BCUT2D eigenvalue weighted by Gasteiger charge is 2.33. The van der Waals surface area contributed by atoms with Gasteiger partial charge in [0.15, 0.2) is 0 Å². The Balaban J connectivity index is 1.36. The number of nitrogens with zero attached hydrogens (tertiary/aromatic N) is 5. The van der Waals surface area contributed by atoms with Gasteiger partial charge in [-0.05, 0) is 25.0 Å². The second kappa shape index (κ2) is 8.97. The Bertz CT molecular complexity index is 1190. The molecule has 1 aliphatic rings. The molecule has 1 fully saturated rings. The molecule has 1 aliphatic carbocycles. The lowest BCUT2D eigenvalue weighted by atomic mass is 9.89. The zero-order chi connectivity index (χ0) is 21.9. The molecule has 0 aromatic carbocycles. The highest BCUT2D eigenvalue weighted by Crippen LogP contribution is 2.37. The van der Waals surface area contributed by atoms with Crippen LogP contribution >= 0.6 is 11.3 Å². The Kier molecular flexibility index (Phi) is 5.73. The summed E-state index contributed by atoms with van der Waals surface area (Å²) in [6.07, 6.45) is 8.41. The van der Waals surface area contributed by atoms with E-state index >= 15 is 0 Å². The van der Waals surface area contributed by atoms with Crippen molar-refractivity contribution >= 4 is 22.9 Å². The van der Waals surface area contributed by atoms with Crippen molar-refractivity contribution in [1.29, 1.82) is 0 Å². The highest BCUT2D eigenvalue weighted by atomic mass is 32.1. The first-order chi connectivity index (χ1) is 15.7. The average Bonchev–Trinajstić information content (AvgIpc) is 3.54. The van der Waals surface area contributed by atoms with E-state index in [1.165, 1.54) is 11.3 Å². The summed E-state index contributed by atoms with van der Waals surface area (Å²) in [6.45, 7) is -0.368. The number of aromatic amines is 1. The summed E-state index contributed by atoms with van der Waals surface area (Å²) in [5, 5.41) is 16.7. The first-order valence-corrected chi connectivity index (χ1v) is 11.0. The summed E-state index contributed by atoms with van der Waals surface area (Å²) in [6, 6.07) is 5.66. The highest BCUT2D eigenvalue weighted by molar-refractivity contribution is 7.13. The molecule has 11 heteroatoms. The van der Waals surface area contributed by atoms with Crippen LogP contribution in [0.5, 0.6) is 0 Å². The molecule has 4 aromatic heterocycles. The molecule has 4 aromatic rings. The van der Waals surface area contributed by atoms with E-state index in [4.69, 9.17) is 4.74 Å². The van der Waals surface area contributed by atoms with Crippen LogP contribution in [0.3, 0.4) is 0 Å². The molecule has 0 aliphatic heterocycles. The minimum absolute atomic E-state index is 0.0349. The number of pyridine rings is 1. The second-order valence-electron chi connectivity index (χ2n) is 7.37. The van der Waals surface area contributed by atoms with Crippen LogP contribution < -0.4 is 5.32 Å². The molecule has 5 rings (SSSR count). The fourth-order valence-corrected chi connectivity index (χ4v) is 4.31. The molecule has 0 spiro atoms. The van der Waals surface area contributed by atoms with Crippen LogP contribution in [-0.4, -0.2) is 55.2 Å². The monoisotopic (exact) mass is 453 g/mol. The lowest BCUT2D eigenvalue weighted by Gasteiger charge is -2.34. The summed E-state index contributed by atoms with van der Waals surface area (Å²) < 4.78 is 19.6. The number of carbonyl (C=O) groups excluding carboxylic acids is 1. The fraction of sp³-hybridized carbons (Fsp3) is 0.286. The molecule has 1 saturated carbocycles.